The molecule has 0 spiro atoms. The predicted molar refractivity (Wildman–Crippen MR) is 157 cm³/mol. The summed E-state index contributed by atoms with van der Waals surface area (Å²) in [6.07, 6.45) is 4.78. The van der Waals surface area contributed by atoms with E-state index < -0.39 is 16.1 Å². The van der Waals surface area contributed by atoms with E-state index in [9.17, 15) is 0 Å². The Balaban J connectivity index is 6.62. The molecule has 0 aliphatic heterocycles. The third-order valence-electron chi connectivity index (χ3n) is 7.24. The second kappa shape index (κ2) is 11.9. The van der Waals surface area contributed by atoms with Crippen LogP contribution in [0, 0.1) is 0 Å². The Bertz CT molecular complexity index is 539. The Kier molecular flexibility index (Phi) is 12.3. The van der Waals surface area contributed by atoms with E-state index in [0.717, 1.165) is 12.8 Å². The first-order valence-corrected chi connectivity index (χ1v) is 20.2. The molecule has 0 fully saturated rings. The lowest BCUT2D eigenvalue weighted by atomic mass is 10.2. The molecule has 0 unspecified atom stereocenters. The molecule has 0 amide bonds. The van der Waals surface area contributed by atoms with E-state index in [4.69, 9.17) is 4.74 Å². The minimum absolute atomic E-state index is 0.266. The van der Waals surface area contributed by atoms with E-state index in [1.165, 1.54) is 43.6 Å². The Morgan fingerprint density at radius 1 is 0.655 bits per heavy atom. The van der Waals surface area contributed by atoms with Crippen molar-refractivity contribution in [2.24, 2.45) is 0 Å². The molecule has 0 heterocycles. The first-order valence-electron chi connectivity index (χ1n) is 11.1. The van der Waals surface area contributed by atoms with Gasteiger partial charge in [0.15, 0.2) is 0 Å². The van der Waals surface area contributed by atoms with E-state index >= 15 is 0 Å². The lowest BCUT2D eigenvalue weighted by molar-refractivity contribution is 0.334. The fourth-order valence-corrected chi connectivity index (χ4v) is 8.50. The summed E-state index contributed by atoms with van der Waals surface area (Å²) in [7, 11) is -3.57. The molecule has 0 aromatic rings. The molecule has 0 saturated carbocycles. The third-order valence-corrected chi connectivity index (χ3v) is 19.6. The van der Waals surface area contributed by atoms with Gasteiger partial charge in [0.2, 0.25) is 0 Å². The second-order valence-electron chi connectivity index (χ2n) is 11.7. The highest BCUT2D eigenvalue weighted by molar-refractivity contribution is 14.1. The first-order chi connectivity index (χ1) is 12.9. The molecule has 0 atom stereocenters. The Morgan fingerprint density at radius 2 is 0.931 bits per heavy atom. The lowest BCUT2D eigenvalue weighted by Gasteiger charge is -2.44. The van der Waals surface area contributed by atoms with Gasteiger partial charge < -0.3 is 4.74 Å². The van der Waals surface area contributed by atoms with Crippen LogP contribution in [0.3, 0.4) is 0 Å². The summed E-state index contributed by atoms with van der Waals surface area (Å²) in [5, 5.41) is 3.26. The minimum Gasteiger partial charge on any atom is -0.476 e. The van der Waals surface area contributed by atoms with Crippen LogP contribution in [-0.2, 0) is 4.74 Å². The summed E-state index contributed by atoms with van der Waals surface area (Å²) in [4.78, 5) is 0. The minimum atomic E-state index is -1.78. The quantitative estimate of drug-likeness (QED) is 0.0980. The standard InChI is InChI=1S/C24H48I2OSi2/c1-19(15-13-17-25)21(28(9,10)23(3,4)5)27-22(20(2)16-14-18-26)29(11,12)24(6,7)8/h13-18H2,1-12H3/b21-19-,22-20-. The van der Waals surface area contributed by atoms with Crippen molar-refractivity contribution in [2.45, 2.75) is 117 Å². The molecule has 0 aliphatic rings. The fourth-order valence-electron chi connectivity index (χ4n) is 3.17. The Morgan fingerprint density at radius 3 is 1.14 bits per heavy atom. The molecule has 0 saturated heterocycles. The van der Waals surface area contributed by atoms with Crippen molar-refractivity contribution in [3.05, 3.63) is 21.9 Å². The average molecular weight is 663 g/mol. The maximum Gasteiger partial charge on any atom is 0.131 e. The van der Waals surface area contributed by atoms with Crippen LogP contribution >= 0.6 is 45.2 Å². The molecule has 0 rings (SSSR count). The summed E-state index contributed by atoms with van der Waals surface area (Å²) in [6, 6.07) is 0. The fraction of sp³-hybridized carbons (Fsp3) is 0.833. The zero-order chi connectivity index (χ0) is 23.3. The van der Waals surface area contributed by atoms with Gasteiger partial charge in [0, 0.05) is 0 Å². The SMILES string of the molecule is C/C(CCCI)=C(\O/C(=C(\C)CCCI)[Si](C)(C)C(C)(C)C)[Si](C)(C)C(C)(C)C. The molecule has 172 valence electrons. The van der Waals surface area contributed by atoms with Gasteiger partial charge in [-0.15, -0.1) is 0 Å². The van der Waals surface area contributed by atoms with E-state index in [1.807, 2.05) is 0 Å². The highest BCUT2D eigenvalue weighted by Crippen LogP contribution is 2.47. The van der Waals surface area contributed by atoms with Gasteiger partial charge in [-0.05, 0) is 69.6 Å². The molecule has 0 aromatic carbocycles. The van der Waals surface area contributed by atoms with Crippen LogP contribution in [0.1, 0.15) is 81.1 Å². The van der Waals surface area contributed by atoms with Crippen LogP contribution in [0.15, 0.2) is 21.9 Å². The van der Waals surface area contributed by atoms with Gasteiger partial charge in [0.1, 0.15) is 16.1 Å². The normalized spacial score (nSPS) is 15.8. The van der Waals surface area contributed by atoms with Gasteiger partial charge in [-0.3, -0.25) is 0 Å². The molecule has 0 aromatic heterocycles. The summed E-state index contributed by atoms with van der Waals surface area (Å²) < 4.78 is 9.64. The van der Waals surface area contributed by atoms with Crippen LogP contribution in [0.5, 0.6) is 0 Å². The monoisotopic (exact) mass is 662 g/mol. The molecule has 0 aliphatic carbocycles. The van der Waals surface area contributed by atoms with Crippen LogP contribution in [0.25, 0.3) is 0 Å². The number of ether oxygens (including phenoxy) is 1. The van der Waals surface area contributed by atoms with E-state index in [2.05, 4.69) is 127 Å². The summed E-state index contributed by atoms with van der Waals surface area (Å²) in [5.41, 5.74) is 2.98. The number of hydrogen-bond donors (Lipinski definition) is 0. The van der Waals surface area contributed by atoms with Gasteiger partial charge in [-0.25, -0.2) is 0 Å². The predicted octanol–water partition coefficient (Wildman–Crippen LogP) is 10.1. The van der Waals surface area contributed by atoms with Gasteiger partial charge >= 0.3 is 0 Å². The highest BCUT2D eigenvalue weighted by Gasteiger charge is 2.46. The number of rotatable bonds is 10. The molecule has 5 heteroatoms. The van der Waals surface area contributed by atoms with Gasteiger partial charge in [0.25, 0.3) is 0 Å². The van der Waals surface area contributed by atoms with E-state index in [-0.39, 0.29) is 10.1 Å². The maximum atomic E-state index is 7.23. The summed E-state index contributed by atoms with van der Waals surface area (Å²) in [5.74, 6) is 0. The van der Waals surface area contributed by atoms with Crippen LogP contribution in [0.4, 0.5) is 0 Å². The van der Waals surface area contributed by atoms with Crippen molar-refractivity contribution < 1.29 is 4.74 Å². The molecule has 0 bridgehead atoms. The molecular formula is C24H48I2OSi2. The number of alkyl halides is 2. The maximum absolute atomic E-state index is 7.23. The zero-order valence-corrected chi connectivity index (χ0v) is 27.7. The molecule has 0 radical (unpaired) electrons. The Labute approximate surface area is 212 Å². The molecular weight excluding hydrogens is 614 g/mol. The smallest absolute Gasteiger partial charge is 0.131 e. The zero-order valence-electron chi connectivity index (χ0n) is 21.4. The third kappa shape index (κ3) is 8.23. The first kappa shape index (κ1) is 30.2. The summed E-state index contributed by atoms with van der Waals surface area (Å²) >= 11 is 5.00. The second-order valence-corrected chi connectivity index (χ2v) is 24.2. The van der Waals surface area contributed by atoms with Crippen molar-refractivity contribution >= 4 is 61.3 Å². The van der Waals surface area contributed by atoms with Crippen LogP contribution in [0.2, 0.25) is 36.3 Å². The highest BCUT2D eigenvalue weighted by atomic mass is 127. The van der Waals surface area contributed by atoms with E-state index in [1.54, 1.807) is 0 Å². The van der Waals surface area contributed by atoms with Gasteiger partial charge in [-0.2, -0.15) is 0 Å². The van der Waals surface area contributed by atoms with Crippen molar-refractivity contribution in [3.63, 3.8) is 0 Å². The number of allylic oxidation sites excluding steroid dienone is 2. The molecule has 1 nitrogen and oxygen atoms in total. The van der Waals surface area contributed by atoms with Crippen LogP contribution < -0.4 is 0 Å². The van der Waals surface area contributed by atoms with Crippen LogP contribution in [-0.4, -0.2) is 25.0 Å². The van der Waals surface area contributed by atoms with Crippen molar-refractivity contribution in [1.29, 1.82) is 0 Å². The lowest BCUT2D eigenvalue weighted by Crippen LogP contribution is -2.46. The van der Waals surface area contributed by atoms with Gasteiger partial charge in [-0.1, -0.05) is 113 Å². The van der Waals surface area contributed by atoms with E-state index in [0.29, 0.717) is 0 Å². The summed E-state index contributed by atoms with van der Waals surface area (Å²) in [6.45, 7) is 29.2. The van der Waals surface area contributed by atoms with Crippen molar-refractivity contribution in [1.82, 2.24) is 0 Å². The molecule has 29 heavy (non-hydrogen) atoms. The Hall–Kier alpha value is 1.17. The topological polar surface area (TPSA) is 9.23 Å². The number of hydrogen-bond acceptors (Lipinski definition) is 1. The van der Waals surface area contributed by atoms with Gasteiger partial charge in [0.05, 0.1) is 10.8 Å². The van der Waals surface area contributed by atoms with Crippen molar-refractivity contribution in [2.75, 3.05) is 8.86 Å². The largest absolute Gasteiger partial charge is 0.476 e. The molecule has 0 N–H and O–H groups in total. The van der Waals surface area contributed by atoms with Crippen molar-refractivity contribution in [3.8, 4) is 0 Å². The average Bonchev–Trinajstić information content (AvgIpc) is 2.55. The number of halogens is 2.